The van der Waals surface area contributed by atoms with Crippen molar-refractivity contribution < 1.29 is 4.79 Å². The van der Waals surface area contributed by atoms with Gasteiger partial charge < -0.3 is 16.4 Å². The van der Waals surface area contributed by atoms with Crippen LogP contribution in [0.2, 0.25) is 0 Å². The third-order valence-electron chi connectivity index (χ3n) is 1.72. The standard InChI is InChI=1S/C10H13N3OS/c11-9(14)7-13-10(15)12-6-8-4-2-1-3-5-8/h1-5H,6-7H2,(H2,11,14)(H2,12,13,15). The van der Waals surface area contributed by atoms with Gasteiger partial charge in [0.05, 0.1) is 6.54 Å². The Morgan fingerprint density at radius 3 is 2.53 bits per heavy atom. The molecule has 1 aromatic rings. The van der Waals surface area contributed by atoms with E-state index in [0.29, 0.717) is 11.7 Å². The highest BCUT2D eigenvalue weighted by atomic mass is 32.1. The van der Waals surface area contributed by atoms with Gasteiger partial charge in [0.1, 0.15) is 0 Å². The number of hydrogen-bond acceptors (Lipinski definition) is 2. The topological polar surface area (TPSA) is 67.2 Å². The summed E-state index contributed by atoms with van der Waals surface area (Å²) in [5, 5.41) is 6.09. The molecule has 5 heteroatoms. The van der Waals surface area contributed by atoms with Gasteiger partial charge in [-0.25, -0.2) is 0 Å². The summed E-state index contributed by atoms with van der Waals surface area (Å²) in [5.41, 5.74) is 6.08. The molecule has 0 aliphatic rings. The molecule has 0 radical (unpaired) electrons. The van der Waals surface area contributed by atoms with Gasteiger partial charge in [0.15, 0.2) is 5.11 Å². The van der Waals surface area contributed by atoms with Crippen LogP contribution < -0.4 is 16.4 Å². The second-order valence-corrected chi connectivity index (χ2v) is 3.40. The summed E-state index contributed by atoms with van der Waals surface area (Å²) in [4.78, 5) is 10.5. The van der Waals surface area contributed by atoms with Gasteiger partial charge in [0, 0.05) is 6.54 Å². The minimum atomic E-state index is -0.432. The van der Waals surface area contributed by atoms with Gasteiger partial charge in [-0.15, -0.1) is 0 Å². The van der Waals surface area contributed by atoms with E-state index in [9.17, 15) is 4.79 Å². The van der Waals surface area contributed by atoms with E-state index in [1.54, 1.807) is 0 Å². The quantitative estimate of drug-likeness (QED) is 0.635. The zero-order chi connectivity index (χ0) is 11.1. The van der Waals surface area contributed by atoms with Crippen molar-refractivity contribution in [2.24, 2.45) is 5.73 Å². The van der Waals surface area contributed by atoms with Crippen LogP contribution in [-0.2, 0) is 11.3 Å². The first-order valence-electron chi connectivity index (χ1n) is 4.52. The molecule has 0 aromatic heterocycles. The third-order valence-corrected chi connectivity index (χ3v) is 2.01. The first kappa shape index (κ1) is 11.5. The smallest absolute Gasteiger partial charge is 0.236 e. The number of amides is 1. The van der Waals surface area contributed by atoms with Crippen LogP contribution in [0.25, 0.3) is 0 Å². The first-order chi connectivity index (χ1) is 7.18. The van der Waals surface area contributed by atoms with Crippen molar-refractivity contribution >= 4 is 23.2 Å². The van der Waals surface area contributed by atoms with E-state index >= 15 is 0 Å². The number of carbonyl (C=O) groups excluding carboxylic acids is 1. The van der Waals surface area contributed by atoms with Crippen LogP contribution in [0, 0.1) is 0 Å². The molecule has 1 amide bonds. The summed E-state index contributed by atoms with van der Waals surface area (Å²) in [7, 11) is 0. The molecule has 0 unspecified atom stereocenters. The third kappa shape index (κ3) is 4.97. The second-order valence-electron chi connectivity index (χ2n) is 2.99. The lowest BCUT2D eigenvalue weighted by Crippen LogP contribution is -2.39. The Bertz CT molecular complexity index is 340. The molecule has 1 aromatic carbocycles. The number of rotatable bonds is 4. The Hall–Kier alpha value is -1.62. The van der Waals surface area contributed by atoms with E-state index in [-0.39, 0.29) is 6.54 Å². The monoisotopic (exact) mass is 223 g/mol. The number of nitrogens with one attached hydrogen (secondary N) is 2. The van der Waals surface area contributed by atoms with E-state index < -0.39 is 5.91 Å². The van der Waals surface area contributed by atoms with Crippen LogP contribution in [0.1, 0.15) is 5.56 Å². The second kappa shape index (κ2) is 5.98. The number of carbonyl (C=O) groups is 1. The highest BCUT2D eigenvalue weighted by molar-refractivity contribution is 7.80. The van der Waals surface area contributed by atoms with Gasteiger partial charge in [-0.3, -0.25) is 4.79 Å². The number of thiocarbonyl (C=S) groups is 1. The number of benzene rings is 1. The van der Waals surface area contributed by atoms with Crippen molar-refractivity contribution in [2.45, 2.75) is 6.54 Å². The summed E-state index contributed by atoms with van der Waals surface area (Å²) in [6, 6.07) is 9.84. The van der Waals surface area contributed by atoms with Crippen molar-refractivity contribution in [1.29, 1.82) is 0 Å². The summed E-state index contributed by atoms with van der Waals surface area (Å²) >= 11 is 4.94. The summed E-state index contributed by atoms with van der Waals surface area (Å²) < 4.78 is 0. The predicted molar refractivity (Wildman–Crippen MR) is 63.1 cm³/mol. The van der Waals surface area contributed by atoms with Gasteiger partial charge in [-0.05, 0) is 17.8 Å². The number of nitrogens with two attached hydrogens (primary N) is 1. The molecule has 0 atom stereocenters. The molecule has 0 saturated carbocycles. The summed E-state index contributed by atoms with van der Waals surface area (Å²) in [6.07, 6.45) is 0. The van der Waals surface area contributed by atoms with E-state index in [4.69, 9.17) is 18.0 Å². The predicted octanol–water partition coefficient (Wildman–Crippen LogP) is 0.136. The van der Waals surface area contributed by atoms with Crippen LogP contribution in [-0.4, -0.2) is 17.6 Å². The molecule has 0 fully saturated rings. The lowest BCUT2D eigenvalue weighted by atomic mass is 10.2. The molecule has 15 heavy (non-hydrogen) atoms. The fraction of sp³-hybridized carbons (Fsp3) is 0.200. The fourth-order valence-corrected chi connectivity index (χ4v) is 1.15. The Morgan fingerprint density at radius 2 is 1.93 bits per heavy atom. The maximum Gasteiger partial charge on any atom is 0.236 e. The minimum absolute atomic E-state index is 0.0562. The first-order valence-corrected chi connectivity index (χ1v) is 4.93. The van der Waals surface area contributed by atoms with Gasteiger partial charge in [0.25, 0.3) is 0 Å². The van der Waals surface area contributed by atoms with Gasteiger partial charge in [-0.1, -0.05) is 30.3 Å². The van der Waals surface area contributed by atoms with Gasteiger partial charge in [0.2, 0.25) is 5.91 Å². The molecule has 0 saturated heterocycles. The van der Waals surface area contributed by atoms with Crippen LogP contribution in [0.3, 0.4) is 0 Å². The average Bonchev–Trinajstić information content (AvgIpc) is 2.25. The van der Waals surface area contributed by atoms with Crippen molar-refractivity contribution in [2.75, 3.05) is 6.54 Å². The summed E-state index contributed by atoms with van der Waals surface area (Å²) in [6.45, 7) is 0.687. The van der Waals surface area contributed by atoms with Crippen molar-refractivity contribution in [3.8, 4) is 0 Å². The molecule has 0 aliphatic heterocycles. The fourth-order valence-electron chi connectivity index (χ4n) is 1.01. The van der Waals surface area contributed by atoms with E-state index in [1.165, 1.54) is 0 Å². The maximum atomic E-state index is 10.5. The molecular weight excluding hydrogens is 210 g/mol. The van der Waals surface area contributed by atoms with Crippen LogP contribution in [0.4, 0.5) is 0 Å². The van der Waals surface area contributed by atoms with Crippen molar-refractivity contribution in [3.63, 3.8) is 0 Å². The molecule has 80 valence electrons. The number of primary amides is 1. The number of hydrogen-bond donors (Lipinski definition) is 3. The van der Waals surface area contributed by atoms with E-state index in [0.717, 1.165) is 5.56 Å². The Labute approximate surface area is 93.9 Å². The zero-order valence-electron chi connectivity index (χ0n) is 8.19. The normalized spacial score (nSPS) is 9.33. The highest BCUT2D eigenvalue weighted by Gasteiger charge is 1.97. The Kier molecular flexibility index (Phi) is 4.56. The largest absolute Gasteiger partial charge is 0.368 e. The molecule has 0 heterocycles. The molecule has 0 bridgehead atoms. The highest BCUT2D eigenvalue weighted by Crippen LogP contribution is 1.96. The summed E-state index contributed by atoms with van der Waals surface area (Å²) in [5.74, 6) is -0.432. The molecule has 0 aliphatic carbocycles. The van der Waals surface area contributed by atoms with Gasteiger partial charge >= 0.3 is 0 Å². The lowest BCUT2D eigenvalue weighted by Gasteiger charge is -2.08. The van der Waals surface area contributed by atoms with Crippen LogP contribution >= 0.6 is 12.2 Å². The molecule has 0 spiro atoms. The van der Waals surface area contributed by atoms with Crippen molar-refractivity contribution in [3.05, 3.63) is 35.9 Å². The van der Waals surface area contributed by atoms with E-state index in [2.05, 4.69) is 10.6 Å². The van der Waals surface area contributed by atoms with Crippen molar-refractivity contribution in [1.82, 2.24) is 10.6 Å². The van der Waals surface area contributed by atoms with E-state index in [1.807, 2.05) is 30.3 Å². The zero-order valence-corrected chi connectivity index (χ0v) is 9.01. The Balaban J connectivity index is 2.26. The lowest BCUT2D eigenvalue weighted by molar-refractivity contribution is -0.116. The minimum Gasteiger partial charge on any atom is -0.368 e. The average molecular weight is 223 g/mol. The van der Waals surface area contributed by atoms with Gasteiger partial charge in [-0.2, -0.15) is 0 Å². The Morgan fingerprint density at radius 1 is 1.27 bits per heavy atom. The SMILES string of the molecule is NC(=O)CNC(=S)NCc1ccccc1. The van der Waals surface area contributed by atoms with Crippen LogP contribution in [0.5, 0.6) is 0 Å². The molecule has 4 nitrogen and oxygen atoms in total. The molecule has 1 rings (SSSR count). The molecular formula is C10H13N3OS. The molecule has 4 N–H and O–H groups in total. The maximum absolute atomic E-state index is 10.5. The van der Waals surface area contributed by atoms with Crippen LogP contribution in [0.15, 0.2) is 30.3 Å².